The summed E-state index contributed by atoms with van der Waals surface area (Å²) in [5, 5.41) is 4.15. The van der Waals surface area contributed by atoms with E-state index in [-0.39, 0.29) is 30.4 Å². The van der Waals surface area contributed by atoms with Gasteiger partial charge in [0.2, 0.25) is 17.6 Å². The van der Waals surface area contributed by atoms with Gasteiger partial charge in [0.15, 0.2) is 0 Å². The number of hydrogen-bond donors (Lipinski definition) is 0. The number of benzene rings is 2. The zero-order valence-corrected chi connectivity index (χ0v) is 18.8. The quantitative estimate of drug-likeness (QED) is 0.555. The molecule has 2 aromatic carbocycles. The van der Waals surface area contributed by atoms with Crippen LogP contribution in [0.3, 0.4) is 0 Å². The fourth-order valence-corrected chi connectivity index (χ4v) is 5.04. The summed E-state index contributed by atoms with van der Waals surface area (Å²) in [7, 11) is 0. The van der Waals surface area contributed by atoms with Gasteiger partial charge in [-0.2, -0.15) is 4.98 Å². The normalized spacial score (nSPS) is 20.8. The van der Waals surface area contributed by atoms with Crippen molar-refractivity contribution in [2.45, 2.75) is 51.6 Å². The second kappa shape index (κ2) is 9.17. The highest BCUT2D eigenvalue weighted by Gasteiger charge is 2.47. The van der Waals surface area contributed by atoms with Crippen molar-refractivity contribution >= 4 is 11.9 Å². The molecule has 1 saturated carbocycles. The first-order chi connectivity index (χ1) is 16.1. The minimum atomic E-state index is -0.255. The van der Waals surface area contributed by atoms with Gasteiger partial charge in [-0.1, -0.05) is 72.6 Å². The van der Waals surface area contributed by atoms with Gasteiger partial charge in [-0.15, -0.1) is 0 Å². The maximum absolute atomic E-state index is 13.5. The van der Waals surface area contributed by atoms with Gasteiger partial charge in [0, 0.05) is 18.2 Å². The number of imide groups is 1. The highest BCUT2D eigenvalue weighted by Crippen LogP contribution is 2.35. The summed E-state index contributed by atoms with van der Waals surface area (Å²) < 4.78 is 5.54. The number of aromatic nitrogens is 2. The number of fused-ring (bicyclic) bond motifs is 1. The van der Waals surface area contributed by atoms with Gasteiger partial charge in [0.05, 0.1) is 5.92 Å². The lowest BCUT2D eigenvalue weighted by molar-refractivity contribution is -0.140. The van der Waals surface area contributed by atoms with Crippen LogP contribution in [-0.2, 0) is 17.8 Å². The second-order valence-corrected chi connectivity index (χ2v) is 8.92. The van der Waals surface area contributed by atoms with E-state index < -0.39 is 0 Å². The van der Waals surface area contributed by atoms with Crippen molar-refractivity contribution in [3.8, 4) is 11.4 Å². The van der Waals surface area contributed by atoms with Gasteiger partial charge in [-0.3, -0.25) is 9.69 Å². The molecular formula is C26H28N4O3. The largest absolute Gasteiger partial charge is 0.337 e. The zero-order valence-electron chi connectivity index (χ0n) is 18.8. The Morgan fingerprint density at radius 3 is 2.58 bits per heavy atom. The van der Waals surface area contributed by atoms with Crippen LogP contribution in [0.25, 0.3) is 11.4 Å². The van der Waals surface area contributed by atoms with Crippen LogP contribution < -0.4 is 0 Å². The van der Waals surface area contributed by atoms with E-state index in [0.717, 1.165) is 42.4 Å². The summed E-state index contributed by atoms with van der Waals surface area (Å²) in [4.78, 5) is 34.5. The lowest BCUT2D eigenvalue weighted by Gasteiger charge is -2.46. The van der Waals surface area contributed by atoms with Gasteiger partial charge in [0.1, 0.15) is 6.54 Å². The van der Waals surface area contributed by atoms with Crippen molar-refractivity contribution in [1.29, 1.82) is 0 Å². The van der Waals surface area contributed by atoms with E-state index in [0.29, 0.717) is 24.7 Å². The van der Waals surface area contributed by atoms with Crippen LogP contribution in [0.15, 0.2) is 59.1 Å². The van der Waals surface area contributed by atoms with Crippen molar-refractivity contribution in [3.63, 3.8) is 0 Å². The van der Waals surface area contributed by atoms with E-state index in [1.54, 1.807) is 4.90 Å². The Bertz CT molecular complexity index is 1140. The topological polar surface area (TPSA) is 79.5 Å². The first-order valence-corrected chi connectivity index (χ1v) is 11.7. The number of carbonyl (C=O) groups excluding carboxylic acids is 2. The molecule has 2 fully saturated rings. The number of aryl methyl sites for hydroxylation is 1. The molecule has 0 N–H and O–H groups in total. The fourth-order valence-electron chi connectivity index (χ4n) is 5.04. The third kappa shape index (κ3) is 4.27. The summed E-state index contributed by atoms with van der Waals surface area (Å²) in [5.41, 5.74) is 3.08. The van der Waals surface area contributed by atoms with Crippen molar-refractivity contribution in [2.24, 2.45) is 5.92 Å². The molecule has 1 aliphatic carbocycles. The van der Waals surface area contributed by atoms with E-state index in [9.17, 15) is 9.59 Å². The first-order valence-electron chi connectivity index (χ1n) is 11.7. The summed E-state index contributed by atoms with van der Waals surface area (Å²) in [6, 6.07) is 17.4. The molecule has 5 rings (SSSR count). The number of hydrogen-bond acceptors (Lipinski definition) is 5. The fraction of sp³-hybridized carbons (Fsp3) is 0.385. The predicted molar refractivity (Wildman–Crippen MR) is 123 cm³/mol. The molecule has 0 radical (unpaired) electrons. The summed E-state index contributed by atoms with van der Waals surface area (Å²) in [5.74, 6) is 0.710. The molecular weight excluding hydrogens is 416 g/mol. The summed E-state index contributed by atoms with van der Waals surface area (Å²) in [6.07, 6.45) is 4.31. The average Bonchev–Trinajstić information content (AvgIpc) is 3.31. The summed E-state index contributed by atoms with van der Waals surface area (Å²) in [6.45, 7) is 2.59. The Morgan fingerprint density at radius 2 is 1.76 bits per heavy atom. The van der Waals surface area contributed by atoms with Crippen LogP contribution in [0, 0.1) is 12.8 Å². The number of amides is 3. The van der Waals surface area contributed by atoms with Crippen LogP contribution in [0.1, 0.15) is 42.7 Å². The number of urea groups is 1. The molecule has 2 heterocycles. The van der Waals surface area contributed by atoms with Crippen LogP contribution in [0.4, 0.5) is 4.79 Å². The molecule has 3 amide bonds. The van der Waals surface area contributed by atoms with Gasteiger partial charge in [0.25, 0.3) is 0 Å². The molecule has 1 saturated heterocycles. The molecule has 0 spiro atoms. The maximum Gasteiger partial charge on any atom is 0.327 e. The van der Waals surface area contributed by atoms with E-state index in [4.69, 9.17) is 4.52 Å². The van der Waals surface area contributed by atoms with Gasteiger partial charge in [-0.25, -0.2) is 4.79 Å². The second-order valence-electron chi connectivity index (χ2n) is 8.92. The molecule has 7 nitrogen and oxygen atoms in total. The van der Waals surface area contributed by atoms with Crippen LogP contribution in [0.2, 0.25) is 0 Å². The van der Waals surface area contributed by atoms with E-state index >= 15 is 0 Å². The minimum absolute atomic E-state index is 0.0389. The minimum Gasteiger partial charge on any atom is -0.337 e. The molecule has 7 heteroatoms. The van der Waals surface area contributed by atoms with Crippen molar-refractivity contribution in [2.75, 3.05) is 6.54 Å². The van der Waals surface area contributed by atoms with Crippen LogP contribution in [-0.4, -0.2) is 44.5 Å². The highest BCUT2D eigenvalue weighted by atomic mass is 16.5. The monoisotopic (exact) mass is 444 g/mol. The number of nitrogens with zero attached hydrogens (tertiary/aromatic N) is 4. The standard InChI is InChI=1S/C26H28N4O3/c1-18-9-5-6-12-20(18)24-27-23(33-28-24)17-30-22-14-8-7-13-21(22)25(31)29(26(30)32)16-15-19-10-3-2-4-11-19/h2-6,9-12,21-22H,7-8,13-17H2,1H3. The molecule has 0 bridgehead atoms. The van der Waals surface area contributed by atoms with Crippen molar-refractivity contribution in [3.05, 3.63) is 71.6 Å². The van der Waals surface area contributed by atoms with E-state index in [2.05, 4.69) is 10.1 Å². The average molecular weight is 445 g/mol. The molecule has 2 aliphatic rings. The molecule has 3 aromatic rings. The third-order valence-electron chi connectivity index (χ3n) is 6.82. The first kappa shape index (κ1) is 21.4. The summed E-state index contributed by atoms with van der Waals surface area (Å²) >= 11 is 0. The molecule has 170 valence electrons. The van der Waals surface area contributed by atoms with Crippen LogP contribution in [0.5, 0.6) is 0 Å². The van der Waals surface area contributed by atoms with Crippen LogP contribution >= 0.6 is 0 Å². The van der Waals surface area contributed by atoms with Gasteiger partial charge in [-0.05, 0) is 37.3 Å². The van der Waals surface area contributed by atoms with Gasteiger partial charge >= 0.3 is 6.03 Å². The zero-order chi connectivity index (χ0) is 22.8. The highest BCUT2D eigenvalue weighted by molar-refractivity contribution is 5.98. The van der Waals surface area contributed by atoms with Crippen molar-refractivity contribution in [1.82, 2.24) is 19.9 Å². The lowest BCUT2D eigenvalue weighted by atomic mass is 9.81. The molecule has 2 atom stereocenters. The van der Waals surface area contributed by atoms with E-state index in [1.165, 1.54) is 4.90 Å². The lowest BCUT2D eigenvalue weighted by Crippen LogP contribution is -2.62. The smallest absolute Gasteiger partial charge is 0.327 e. The third-order valence-corrected chi connectivity index (χ3v) is 6.82. The Kier molecular flexibility index (Phi) is 5.94. The maximum atomic E-state index is 13.5. The van der Waals surface area contributed by atoms with Crippen molar-refractivity contribution < 1.29 is 14.1 Å². The Morgan fingerprint density at radius 1 is 1.00 bits per heavy atom. The number of carbonyl (C=O) groups is 2. The molecule has 1 aliphatic heterocycles. The Hall–Kier alpha value is -3.48. The molecule has 33 heavy (non-hydrogen) atoms. The molecule has 2 unspecified atom stereocenters. The Labute approximate surface area is 193 Å². The molecule has 1 aromatic heterocycles. The van der Waals surface area contributed by atoms with E-state index in [1.807, 2.05) is 61.5 Å². The van der Waals surface area contributed by atoms with Gasteiger partial charge < -0.3 is 9.42 Å². The SMILES string of the molecule is Cc1ccccc1-c1noc(CN2C(=O)N(CCc3ccccc3)C(=O)C3CCCCC32)n1. The number of rotatable bonds is 6. The predicted octanol–water partition coefficient (Wildman–Crippen LogP) is 4.61. The Balaban J connectivity index is 1.37.